The van der Waals surface area contributed by atoms with E-state index in [4.69, 9.17) is 5.26 Å². The van der Waals surface area contributed by atoms with Crippen molar-refractivity contribution >= 4 is 0 Å². The lowest BCUT2D eigenvalue weighted by molar-refractivity contribution is 0.0447. The van der Waals surface area contributed by atoms with Crippen molar-refractivity contribution < 1.29 is 0 Å². The third-order valence-electron chi connectivity index (χ3n) is 3.10. The van der Waals surface area contributed by atoms with E-state index in [1.165, 1.54) is 0 Å². The summed E-state index contributed by atoms with van der Waals surface area (Å²) in [6.45, 7) is 9.80. The fourth-order valence-corrected chi connectivity index (χ4v) is 2.26. The zero-order chi connectivity index (χ0) is 10.6. The number of nitrogens with zero attached hydrogens (tertiary/aromatic N) is 2. The van der Waals surface area contributed by atoms with Crippen LogP contribution in [0.3, 0.4) is 0 Å². The molecule has 0 aromatic heterocycles. The Morgan fingerprint density at radius 1 is 1.57 bits per heavy atom. The van der Waals surface area contributed by atoms with E-state index in [-0.39, 0.29) is 5.54 Å². The quantitative estimate of drug-likeness (QED) is 0.739. The Hall–Kier alpha value is -0.590. The standard InChI is InChI=1S/C11H21N3/c1-4-10(5-6-12)14-8-7-13-9-11(14,2)3/h10,13H,4-5,7-9H2,1-3H3. The van der Waals surface area contributed by atoms with Crippen LogP contribution in [0.25, 0.3) is 0 Å². The summed E-state index contributed by atoms with van der Waals surface area (Å²) in [5.41, 5.74) is 0.190. The highest BCUT2D eigenvalue weighted by atomic mass is 15.3. The summed E-state index contributed by atoms with van der Waals surface area (Å²) >= 11 is 0. The molecule has 1 atom stereocenters. The summed E-state index contributed by atoms with van der Waals surface area (Å²) in [5.74, 6) is 0. The number of nitrogens with one attached hydrogen (secondary N) is 1. The van der Waals surface area contributed by atoms with Crippen molar-refractivity contribution in [2.45, 2.75) is 45.2 Å². The zero-order valence-electron chi connectivity index (χ0n) is 9.51. The predicted octanol–water partition coefficient (Wildman–Crippen LogP) is 1.36. The van der Waals surface area contributed by atoms with E-state index in [1.807, 2.05) is 0 Å². The first-order valence-electron chi connectivity index (χ1n) is 5.46. The van der Waals surface area contributed by atoms with Crippen LogP contribution in [-0.4, -0.2) is 36.1 Å². The fraction of sp³-hybridized carbons (Fsp3) is 0.909. The second-order valence-corrected chi connectivity index (χ2v) is 4.61. The van der Waals surface area contributed by atoms with Crippen LogP contribution in [0, 0.1) is 11.3 Å². The molecule has 1 unspecified atom stereocenters. The highest BCUT2D eigenvalue weighted by Crippen LogP contribution is 2.22. The molecule has 0 aliphatic carbocycles. The molecule has 3 nitrogen and oxygen atoms in total. The average molecular weight is 195 g/mol. The molecule has 0 radical (unpaired) electrons. The first kappa shape index (κ1) is 11.5. The van der Waals surface area contributed by atoms with Crippen molar-refractivity contribution in [1.82, 2.24) is 10.2 Å². The molecule has 0 bridgehead atoms. The topological polar surface area (TPSA) is 39.1 Å². The van der Waals surface area contributed by atoms with Crippen LogP contribution in [0.4, 0.5) is 0 Å². The van der Waals surface area contributed by atoms with Crippen LogP contribution in [-0.2, 0) is 0 Å². The number of hydrogen-bond donors (Lipinski definition) is 1. The molecular formula is C11H21N3. The van der Waals surface area contributed by atoms with Gasteiger partial charge in [0.2, 0.25) is 0 Å². The maximum atomic E-state index is 8.78. The van der Waals surface area contributed by atoms with Gasteiger partial charge in [0.05, 0.1) is 12.5 Å². The number of rotatable bonds is 3. The van der Waals surface area contributed by atoms with Gasteiger partial charge in [-0.3, -0.25) is 4.90 Å². The molecule has 14 heavy (non-hydrogen) atoms. The highest BCUT2D eigenvalue weighted by Gasteiger charge is 2.33. The van der Waals surface area contributed by atoms with E-state index in [9.17, 15) is 0 Å². The molecule has 0 saturated carbocycles. The molecule has 0 spiro atoms. The molecule has 1 aliphatic rings. The smallest absolute Gasteiger partial charge is 0.0638 e. The molecule has 0 amide bonds. The SMILES string of the molecule is CCC(CC#N)N1CCNCC1(C)C. The van der Waals surface area contributed by atoms with Crippen molar-refractivity contribution in [3.8, 4) is 6.07 Å². The minimum atomic E-state index is 0.190. The van der Waals surface area contributed by atoms with Gasteiger partial charge in [-0.25, -0.2) is 0 Å². The maximum absolute atomic E-state index is 8.78. The van der Waals surface area contributed by atoms with Crippen molar-refractivity contribution in [2.24, 2.45) is 0 Å². The van der Waals surface area contributed by atoms with Gasteiger partial charge in [0.25, 0.3) is 0 Å². The molecular weight excluding hydrogens is 174 g/mol. The molecule has 0 aromatic rings. The van der Waals surface area contributed by atoms with E-state index in [0.717, 1.165) is 26.1 Å². The zero-order valence-corrected chi connectivity index (χ0v) is 9.51. The first-order chi connectivity index (χ1) is 6.61. The predicted molar refractivity (Wildman–Crippen MR) is 58.0 cm³/mol. The molecule has 1 aliphatic heterocycles. The fourth-order valence-electron chi connectivity index (χ4n) is 2.26. The Labute approximate surface area is 87.1 Å². The second kappa shape index (κ2) is 4.77. The van der Waals surface area contributed by atoms with Crippen LogP contribution < -0.4 is 5.32 Å². The van der Waals surface area contributed by atoms with Crippen molar-refractivity contribution in [3.63, 3.8) is 0 Å². The summed E-state index contributed by atoms with van der Waals surface area (Å²) < 4.78 is 0. The Bertz CT molecular complexity index is 217. The minimum Gasteiger partial charge on any atom is -0.314 e. The normalized spacial score (nSPS) is 24.1. The van der Waals surface area contributed by atoms with Gasteiger partial charge in [-0.05, 0) is 20.3 Å². The molecule has 1 heterocycles. The van der Waals surface area contributed by atoms with Gasteiger partial charge in [0.1, 0.15) is 0 Å². The maximum Gasteiger partial charge on any atom is 0.0638 e. The van der Waals surface area contributed by atoms with E-state index in [2.05, 4.69) is 37.1 Å². The van der Waals surface area contributed by atoms with Crippen LogP contribution >= 0.6 is 0 Å². The molecule has 0 aromatic carbocycles. The summed E-state index contributed by atoms with van der Waals surface area (Å²) in [6, 6.07) is 2.72. The lowest BCUT2D eigenvalue weighted by Crippen LogP contribution is -2.61. The molecule has 80 valence electrons. The number of nitriles is 1. The minimum absolute atomic E-state index is 0.190. The van der Waals surface area contributed by atoms with Gasteiger partial charge in [0.15, 0.2) is 0 Å². The van der Waals surface area contributed by atoms with Gasteiger partial charge in [-0.1, -0.05) is 6.92 Å². The molecule has 1 fully saturated rings. The van der Waals surface area contributed by atoms with Crippen molar-refractivity contribution in [3.05, 3.63) is 0 Å². The van der Waals surface area contributed by atoms with Gasteiger partial charge >= 0.3 is 0 Å². The monoisotopic (exact) mass is 195 g/mol. The Balaban J connectivity index is 2.67. The van der Waals surface area contributed by atoms with E-state index in [0.29, 0.717) is 12.5 Å². The molecule has 3 heteroatoms. The van der Waals surface area contributed by atoms with Gasteiger partial charge in [-0.15, -0.1) is 0 Å². The van der Waals surface area contributed by atoms with Gasteiger partial charge in [0, 0.05) is 31.2 Å². The van der Waals surface area contributed by atoms with Crippen LogP contribution in [0.2, 0.25) is 0 Å². The van der Waals surface area contributed by atoms with Crippen LogP contribution in [0.1, 0.15) is 33.6 Å². The van der Waals surface area contributed by atoms with E-state index in [1.54, 1.807) is 0 Å². The summed E-state index contributed by atoms with van der Waals surface area (Å²) in [7, 11) is 0. The first-order valence-corrected chi connectivity index (χ1v) is 5.46. The van der Waals surface area contributed by atoms with Crippen LogP contribution in [0.5, 0.6) is 0 Å². The summed E-state index contributed by atoms with van der Waals surface area (Å²) in [4.78, 5) is 2.48. The largest absolute Gasteiger partial charge is 0.314 e. The Morgan fingerprint density at radius 3 is 2.79 bits per heavy atom. The van der Waals surface area contributed by atoms with Crippen molar-refractivity contribution in [2.75, 3.05) is 19.6 Å². The van der Waals surface area contributed by atoms with Crippen molar-refractivity contribution in [1.29, 1.82) is 5.26 Å². The summed E-state index contributed by atoms with van der Waals surface area (Å²) in [5, 5.41) is 12.2. The molecule has 1 N–H and O–H groups in total. The number of hydrogen-bond acceptors (Lipinski definition) is 3. The highest BCUT2D eigenvalue weighted by molar-refractivity contribution is 4.94. The Morgan fingerprint density at radius 2 is 2.29 bits per heavy atom. The Kier molecular flexibility index (Phi) is 3.91. The van der Waals surface area contributed by atoms with Gasteiger partial charge in [-0.2, -0.15) is 5.26 Å². The lowest BCUT2D eigenvalue weighted by Gasteiger charge is -2.46. The van der Waals surface area contributed by atoms with E-state index >= 15 is 0 Å². The average Bonchev–Trinajstić information content (AvgIpc) is 2.14. The third-order valence-corrected chi connectivity index (χ3v) is 3.10. The molecule has 1 rings (SSSR count). The third kappa shape index (κ3) is 2.46. The van der Waals surface area contributed by atoms with Crippen LogP contribution in [0.15, 0.2) is 0 Å². The second-order valence-electron chi connectivity index (χ2n) is 4.61. The molecule has 1 saturated heterocycles. The van der Waals surface area contributed by atoms with Gasteiger partial charge < -0.3 is 5.32 Å². The lowest BCUT2D eigenvalue weighted by atomic mass is 9.95. The number of piperazine rings is 1. The van der Waals surface area contributed by atoms with E-state index < -0.39 is 0 Å². The summed E-state index contributed by atoms with van der Waals surface area (Å²) in [6.07, 6.45) is 1.72.